The quantitative estimate of drug-likeness (QED) is 0.390. The van der Waals surface area contributed by atoms with E-state index in [1.165, 1.54) is 4.88 Å². The molecule has 1 aromatic heterocycles. The second-order valence-corrected chi connectivity index (χ2v) is 8.32. The Morgan fingerprint density at radius 2 is 2.04 bits per heavy atom. The predicted molar refractivity (Wildman–Crippen MR) is 112 cm³/mol. The van der Waals surface area contributed by atoms with Crippen LogP contribution in [0.5, 0.6) is 0 Å². The third-order valence-corrected chi connectivity index (χ3v) is 5.99. The number of carbonyl (C=O) groups is 1. The monoisotopic (exact) mass is 395 g/mol. The molecular formula is C19H33N5O2S. The highest BCUT2D eigenvalue weighted by atomic mass is 32.1. The first-order valence-corrected chi connectivity index (χ1v) is 10.3. The number of hydrogen-bond donors (Lipinski definition) is 2. The van der Waals surface area contributed by atoms with E-state index in [0.29, 0.717) is 19.7 Å². The number of nitrogens with zero attached hydrogens (tertiary/aromatic N) is 3. The van der Waals surface area contributed by atoms with Crippen LogP contribution < -0.4 is 10.6 Å². The van der Waals surface area contributed by atoms with Crippen LogP contribution in [0.15, 0.2) is 22.5 Å². The van der Waals surface area contributed by atoms with Crippen molar-refractivity contribution < 1.29 is 9.53 Å². The third kappa shape index (κ3) is 6.79. The van der Waals surface area contributed by atoms with Gasteiger partial charge >= 0.3 is 0 Å². The average molecular weight is 396 g/mol. The third-order valence-electron chi connectivity index (χ3n) is 4.76. The van der Waals surface area contributed by atoms with Crippen molar-refractivity contribution in [3.63, 3.8) is 0 Å². The van der Waals surface area contributed by atoms with Crippen molar-refractivity contribution >= 4 is 23.2 Å². The first-order valence-electron chi connectivity index (χ1n) is 9.44. The van der Waals surface area contributed by atoms with Gasteiger partial charge < -0.3 is 20.3 Å². The van der Waals surface area contributed by atoms with Crippen LogP contribution in [0.4, 0.5) is 0 Å². The predicted octanol–water partition coefficient (Wildman–Crippen LogP) is 0.981. The fourth-order valence-corrected chi connectivity index (χ4v) is 3.90. The van der Waals surface area contributed by atoms with E-state index in [2.05, 4.69) is 56.8 Å². The summed E-state index contributed by atoms with van der Waals surface area (Å²) in [4.78, 5) is 22.2. The number of methoxy groups -OCH3 is 1. The summed E-state index contributed by atoms with van der Waals surface area (Å²) in [6.07, 6.45) is 0. The number of piperazine rings is 1. The highest BCUT2D eigenvalue weighted by Gasteiger charge is 2.25. The van der Waals surface area contributed by atoms with Crippen LogP contribution in [0.3, 0.4) is 0 Å². The number of aliphatic imine (C=N–C) groups is 1. The fourth-order valence-electron chi connectivity index (χ4n) is 3.05. The van der Waals surface area contributed by atoms with E-state index in [1.54, 1.807) is 18.4 Å². The molecule has 1 amide bonds. The molecule has 0 unspecified atom stereocenters. The summed E-state index contributed by atoms with van der Waals surface area (Å²) in [6.45, 7) is 10.3. The number of thiophene rings is 1. The SMILES string of the molecule is CN=C(NCC(C)(C)c1cccs1)N1CCN(CC(=O)NCCOC)CC1. The summed E-state index contributed by atoms with van der Waals surface area (Å²) in [5.74, 6) is 0.990. The number of hydrogen-bond acceptors (Lipinski definition) is 5. The lowest BCUT2D eigenvalue weighted by Crippen LogP contribution is -2.55. The minimum Gasteiger partial charge on any atom is -0.383 e. The van der Waals surface area contributed by atoms with Gasteiger partial charge in [-0.3, -0.25) is 14.7 Å². The summed E-state index contributed by atoms with van der Waals surface area (Å²) in [5.41, 5.74) is 0.0617. The summed E-state index contributed by atoms with van der Waals surface area (Å²) in [5, 5.41) is 8.52. The lowest BCUT2D eigenvalue weighted by atomic mass is 9.91. The Bertz CT molecular complexity index is 595. The molecule has 1 aromatic rings. The van der Waals surface area contributed by atoms with Gasteiger partial charge in [-0.15, -0.1) is 11.3 Å². The van der Waals surface area contributed by atoms with E-state index in [-0.39, 0.29) is 11.3 Å². The molecule has 2 N–H and O–H groups in total. The molecule has 0 atom stereocenters. The number of rotatable bonds is 8. The van der Waals surface area contributed by atoms with Crippen LogP contribution >= 0.6 is 11.3 Å². The van der Waals surface area contributed by atoms with Gasteiger partial charge in [0.15, 0.2) is 5.96 Å². The molecule has 0 radical (unpaired) electrons. The zero-order valence-corrected chi connectivity index (χ0v) is 17.8. The number of amides is 1. The minimum absolute atomic E-state index is 0.0562. The van der Waals surface area contributed by atoms with E-state index in [0.717, 1.165) is 38.7 Å². The van der Waals surface area contributed by atoms with Gasteiger partial charge in [0.2, 0.25) is 5.91 Å². The Kier molecular flexibility index (Phi) is 8.53. The molecule has 8 heteroatoms. The number of guanidine groups is 1. The Hall–Kier alpha value is -1.64. The lowest BCUT2D eigenvalue weighted by Gasteiger charge is -2.37. The smallest absolute Gasteiger partial charge is 0.234 e. The molecule has 152 valence electrons. The highest BCUT2D eigenvalue weighted by Crippen LogP contribution is 2.26. The van der Waals surface area contributed by atoms with Crippen molar-refractivity contribution in [2.75, 3.05) is 66.6 Å². The van der Waals surface area contributed by atoms with Gasteiger partial charge in [-0.2, -0.15) is 0 Å². The molecule has 27 heavy (non-hydrogen) atoms. The molecule has 0 spiro atoms. The van der Waals surface area contributed by atoms with Crippen molar-refractivity contribution in [2.24, 2.45) is 4.99 Å². The Morgan fingerprint density at radius 1 is 1.30 bits per heavy atom. The standard InChI is InChI=1S/C19H33N5O2S/c1-19(2,16-6-5-13-27-16)15-22-18(20-3)24-10-8-23(9-11-24)14-17(25)21-7-12-26-4/h5-6,13H,7-12,14-15H2,1-4H3,(H,20,22)(H,21,25). The first kappa shape index (κ1) is 21.7. The molecule has 2 rings (SSSR count). The van der Waals surface area contributed by atoms with E-state index in [9.17, 15) is 4.79 Å². The summed E-state index contributed by atoms with van der Waals surface area (Å²) in [7, 11) is 3.46. The van der Waals surface area contributed by atoms with Crippen molar-refractivity contribution in [2.45, 2.75) is 19.3 Å². The lowest BCUT2D eigenvalue weighted by molar-refractivity contribution is -0.122. The van der Waals surface area contributed by atoms with Crippen molar-refractivity contribution in [3.8, 4) is 0 Å². The molecule has 7 nitrogen and oxygen atoms in total. The topological polar surface area (TPSA) is 69.2 Å². The second-order valence-electron chi connectivity index (χ2n) is 7.37. The van der Waals surface area contributed by atoms with Gasteiger partial charge in [-0.1, -0.05) is 19.9 Å². The van der Waals surface area contributed by atoms with Gasteiger partial charge in [0.1, 0.15) is 0 Å². The Morgan fingerprint density at radius 3 is 2.63 bits per heavy atom. The van der Waals surface area contributed by atoms with Crippen LogP contribution in [0.1, 0.15) is 18.7 Å². The molecule has 1 saturated heterocycles. The number of nitrogens with one attached hydrogen (secondary N) is 2. The molecule has 1 aliphatic rings. The van der Waals surface area contributed by atoms with Crippen LogP contribution in [0.2, 0.25) is 0 Å². The molecule has 0 bridgehead atoms. The molecule has 0 saturated carbocycles. The Balaban J connectivity index is 1.76. The first-order chi connectivity index (χ1) is 13.0. The van der Waals surface area contributed by atoms with Crippen LogP contribution in [-0.4, -0.2) is 88.2 Å². The van der Waals surface area contributed by atoms with Gasteiger partial charge in [0, 0.05) is 63.7 Å². The fraction of sp³-hybridized carbons (Fsp3) is 0.684. The molecule has 1 fully saturated rings. The van der Waals surface area contributed by atoms with Crippen LogP contribution in [0.25, 0.3) is 0 Å². The van der Waals surface area contributed by atoms with E-state index < -0.39 is 0 Å². The molecule has 0 aliphatic carbocycles. The largest absolute Gasteiger partial charge is 0.383 e. The zero-order valence-electron chi connectivity index (χ0n) is 17.0. The Labute approximate surface area is 166 Å². The van der Waals surface area contributed by atoms with Crippen LogP contribution in [-0.2, 0) is 14.9 Å². The van der Waals surface area contributed by atoms with Gasteiger partial charge in [-0.25, -0.2) is 0 Å². The van der Waals surface area contributed by atoms with Gasteiger partial charge in [0.25, 0.3) is 0 Å². The zero-order chi connectivity index (χ0) is 19.7. The maximum Gasteiger partial charge on any atom is 0.234 e. The normalized spacial score (nSPS) is 16.4. The van der Waals surface area contributed by atoms with E-state index in [1.807, 2.05) is 7.05 Å². The summed E-state index contributed by atoms with van der Waals surface area (Å²) >= 11 is 1.79. The molecule has 1 aliphatic heterocycles. The van der Waals surface area contributed by atoms with E-state index >= 15 is 0 Å². The minimum atomic E-state index is 0.0562. The number of carbonyl (C=O) groups excluding carboxylic acids is 1. The highest BCUT2D eigenvalue weighted by molar-refractivity contribution is 7.10. The van der Waals surface area contributed by atoms with Crippen molar-refractivity contribution in [1.82, 2.24) is 20.4 Å². The maximum absolute atomic E-state index is 11.9. The van der Waals surface area contributed by atoms with Gasteiger partial charge in [0.05, 0.1) is 13.2 Å². The number of ether oxygens (including phenoxy) is 1. The summed E-state index contributed by atoms with van der Waals surface area (Å²) < 4.78 is 4.95. The second kappa shape index (κ2) is 10.6. The van der Waals surface area contributed by atoms with E-state index in [4.69, 9.17) is 4.74 Å². The average Bonchev–Trinajstić information content (AvgIpc) is 3.19. The van der Waals surface area contributed by atoms with Gasteiger partial charge in [-0.05, 0) is 11.4 Å². The maximum atomic E-state index is 11.9. The van der Waals surface area contributed by atoms with Crippen LogP contribution in [0, 0.1) is 0 Å². The summed E-state index contributed by atoms with van der Waals surface area (Å²) in [6, 6.07) is 4.28. The van der Waals surface area contributed by atoms with Crippen molar-refractivity contribution in [3.05, 3.63) is 22.4 Å². The molecule has 2 heterocycles. The molecular weight excluding hydrogens is 362 g/mol. The van der Waals surface area contributed by atoms with Crippen molar-refractivity contribution in [1.29, 1.82) is 0 Å². The molecule has 0 aromatic carbocycles.